The number of cyclic esters (lactones) is 1. The fraction of sp³-hybridized carbons (Fsp3) is 0.435. The van der Waals surface area contributed by atoms with Gasteiger partial charge in [0.25, 0.3) is 0 Å². The number of carbonyl (C=O) groups is 1. The molecule has 2 aromatic carbocycles. The predicted octanol–water partition coefficient (Wildman–Crippen LogP) is -0.00920. The second kappa shape index (κ2) is 9.54. The lowest BCUT2D eigenvalue weighted by Crippen LogP contribution is -2.60. The number of aryl methyl sites for hydroxylation is 1. The molecule has 1 saturated heterocycles. The summed E-state index contributed by atoms with van der Waals surface area (Å²) in [6, 6.07) is 9.43. The van der Waals surface area contributed by atoms with Crippen LogP contribution in [0.25, 0.3) is 0 Å². The highest BCUT2D eigenvalue weighted by Gasteiger charge is 2.44. The second-order valence-electron chi connectivity index (χ2n) is 8.23. The minimum atomic E-state index is -1.52. The highest BCUT2D eigenvalue weighted by molar-refractivity contribution is 5.95. The Labute approximate surface area is 189 Å². The number of benzene rings is 2. The fourth-order valence-electron chi connectivity index (χ4n) is 4.09. The SMILES string of the molecule is O=C1O[C@@H](CCc2ccc(O[C@@H]3O[C@H](CO)[C@@H](O)[C@H](O)[C@H]3O)cc2)Cc2cc(O)cc(O)c21. The van der Waals surface area contributed by atoms with Crippen LogP contribution in [0.1, 0.15) is 27.9 Å². The predicted molar refractivity (Wildman–Crippen MR) is 112 cm³/mol. The average molecular weight is 462 g/mol. The number of ether oxygens (including phenoxy) is 3. The van der Waals surface area contributed by atoms with E-state index in [4.69, 9.17) is 14.2 Å². The Kier molecular flexibility index (Phi) is 6.73. The molecular weight excluding hydrogens is 436 g/mol. The fourth-order valence-corrected chi connectivity index (χ4v) is 4.09. The minimum absolute atomic E-state index is 0.0822. The van der Waals surface area contributed by atoms with E-state index in [2.05, 4.69) is 0 Å². The first-order valence-corrected chi connectivity index (χ1v) is 10.6. The van der Waals surface area contributed by atoms with Gasteiger partial charge >= 0.3 is 5.97 Å². The number of aliphatic hydroxyl groups excluding tert-OH is 4. The van der Waals surface area contributed by atoms with Crippen molar-refractivity contribution < 1.29 is 49.6 Å². The van der Waals surface area contributed by atoms with Crippen molar-refractivity contribution in [2.45, 2.75) is 56.1 Å². The molecule has 0 bridgehead atoms. The van der Waals surface area contributed by atoms with Crippen LogP contribution in [0, 0.1) is 0 Å². The standard InChI is InChI=1S/C23H26O10/c24-10-17-19(27)20(28)21(29)23(33-17)32-14-4-1-11(2-5-14)3-6-15-8-12-7-13(25)9-16(26)18(12)22(30)31-15/h1-2,4-5,7,9,15,17,19-21,23-29H,3,6,8,10H2/t15-,17+,19+,20-,21+,23+/m0/s1. The number of hydrogen-bond donors (Lipinski definition) is 6. The van der Waals surface area contributed by atoms with Crippen molar-refractivity contribution in [3.63, 3.8) is 0 Å². The maximum Gasteiger partial charge on any atom is 0.342 e. The van der Waals surface area contributed by atoms with Crippen LogP contribution in [-0.2, 0) is 22.3 Å². The van der Waals surface area contributed by atoms with Gasteiger partial charge in [0.1, 0.15) is 53.3 Å². The van der Waals surface area contributed by atoms with Gasteiger partial charge in [0.15, 0.2) is 0 Å². The number of esters is 1. The molecule has 33 heavy (non-hydrogen) atoms. The monoisotopic (exact) mass is 462 g/mol. The van der Waals surface area contributed by atoms with Gasteiger partial charge in [-0.1, -0.05) is 12.1 Å². The van der Waals surface area contributed by atoms with Crippen LogP contribution >= 0.6 is 0 Å². The van der Waals surface area contributed by atoms with Crippen LogP contribution in [-0.4, -0.2) is 80.0 Å². The number of hydrogen-bond acceptors (Lipinski definition) is 10. The molecule has 1 fully saturated rings. The molecule has 0 radical (unpaired) electrons. The first-order valence-electron chi connectivity index (χ1n) is 10.6. The number of carbonyl (C=O) groups excluding carboxylic acids is 1. The Bertz CT molecular complexity index is 989. The zero-order valence-corrected chi connectivity index (χ0v) is 17.6. The van der Waals surface area contributed by atoms with Gasteiger partial charge in [-0.05, 0) is 42.2 Å². The van der Waals surface area contributed by atoms with Crippen LogP contribution < -0.4 is 4.74 Å². The number of phenolic OH excluding ortho intramolecular Hbond substituents is 2. The molecule has 0 spiro atoms. The molecule has 6 atom stereocenters. The lowest BCUT2D eigenvalue weighted by Gasteiger charge is -2.39. The van der Waals surface area contributed by atoms with E-state index in [9.17, 15) is 35.4 Å². The molecule has 0 saturated carbocycles. The highest BCUT2D eigenvalue weighted by atomic mass is 16.7. The normalized spacial score (nSPS) is 29.3. The maximum absolute atomic E-state index is 12.2. The number of phenols is 2. The number of aromatic hydroxyl groups is 2. The van der Waals surface area contributed by atoms with E-state index in [0.717, 1.165) is 11.6 Å². The van der Waals surface area contributed by atoms with Crippen molar-refractivity contribution in [3.8, 4) is 17.2 Å². The van der Waals surface area contributed by atoms with Gasteiger partial charge in [0.2, 0.25) is 6.29 Å². The molecule has 6 N–H and O–H groups in total. The summed E-state index contributed by atoms with van der Waals surface area (Å²) in [5.74, 6) is -0.688. The molecule has 0 aliphatic carbocycles. The van der Waals surface area contributed by atoms with Gasteiger partial charge in [0.05, 0.1) is 6.61 Å². The summed E-state index contributed by atoms with van der Waals surface area (Å²) in [5, 5.41) is 58.6. The van der Waals surface area contributed by atoms with Gasteiger partial charge in [-0.2, -0.15) is 0 Å². The van der Waals surface area contributed by atoms with E-state index < -0.39 is 49.4 Å². The van der Waals surface area contributed by atoms with E-state index in [-0.39, 0.29) is 17.1 Å². The Morgan fingerprint density at radius 1 is 1.00 bits per heavy atom. The molecule has 178 valence electrons. The molecule has 2 aliphatic rings. The summed E-state index contributed by atoms with van der Waals surface area (Å²) < 4.78 is 16.3. The Balaban J connectivity index is 1.34. The van der Waals surface area contributed by atoms with Crippen molar-refractivity contribution >= 4 is 5.97 Å². The third-order valence-electron chi connectivity index (χ3n) is 5.89. The van der Waals surface area contributed by atoms with Gasteiger partial charge in [-0.15, -0.1) is 0 Å². The largest absolute Gasteiger partial charge is 0.508 e. The van der Waals surface area contributed by atoms with Crippen molar-refractivity contribution in [1.29, 1.82) is 0 Å². The minimum Gasteiger partial charge on any atom is -0.508 e. The van der Waals surface area contributed by atoms with Crippen LogP contribution in [0.5, 0.6) is 17.2 Å². The topological polar surface area (TPSA) is 166 Å². The van der Waals surface area contributed by atoms with Gasteiger partial charge in [-0.3, -0.25) is 0 Å². The molecule has 0 aromatic heterocycles. The highest BCUT2D eigenvalue weighted by Crippen LogP contribution is 2.33. The van der Waals surface area contributed by atoms with Crippen molar-refractivity contribution in [3.05, 3.63) is 53.1 Å². The molecule has 4 rings (SSSR count). The third kappa shape index (κ3) is 4.90. The lowest BCUT2D eigenvalue weighted by molar-refractivity contribution is -0.277. The summed E-state index contributed by atoms with van der Waals surface area (Å²) in [7, 11) is 0. The summed E-state index contributed by atoms with van der Waals surface area (Å²) in [4.78, 5) is 12.2. The zero-order chi connectivity index (χ0) is 23.7. The van der Waals surface area contributed by atoms with Gasteiger partial charge < -0.3 is 44.8 Å². The quantitative estimate of drug-likeness (QED) is 0.322. The summed E-state index contributed by atoms with van der Waals surface area (Å²) in [6.45, 7) is -0.542. The molecule has 0 amide bonds. The van der Waals surface area contributed by atoms with E-state index in [1.807, 2.05) is 0 Å². The summed E-state index contributed by atoms with van der Waals surface area (Å²) in [5.41, 5.74) is 1.55. The number of aliphatic hydroxyl groups is 4. The first-order chi connectivity index (χ1) is 15.8. The second-order valence-corrected chi connectivity index (χ2v) is 8.23. The van der Waals surface area contributed by atoms with E-state index >= 15 is 0 Å². The van der Waals surface area contributed by atoms with Crippen molar-refractivity contribution in [2.75, 3.05) is 6.61 Å². The smallest absolute Gasteiger partial charge is 0.342 e. The van der Waals surface area contributed by atoms with Gasteiger partial charge in [0, 0.05) is 12.5 Å². The van der Waals surface area contributed by atoms with Gasteiger partial charge in [-0.25, -0.2) is 4.79 Å². The maximum atomic E-state index is 12.2. The van der Waals surface area contributed by atoms with Crippen LogP contribution in [0.2, 0.25) is 0 Å². The molecule has 2 aliphatic heterocycles. The number of rotatable bonds is 6. The van der Waals surface area contributed by atoms with Crippen molar-refractivity contribution in [2.24, 2.45) is 0 Å². The summed E-state index contributed by atoms with van der Waals surface area (Å²) >= 11 is 0. The van der Waals surface area contributed by atoms with E-state index in [1.54, 1.807) is 24.3 Å². The van der Waals surface area contributed by atoms with Crippen molar-refractivity contribution in [1.82, 2.24) is 0 Å². The Morgan fingerprint density at radius 3 is 2.42 bits per heavy atom. The van der Waals surface area contributed by atoms with E-state index in [1.165, 1.54) is 6.07 Å². The van der Waals surface area contributed by atoms with Crippen LogP contribution in [0.15, 0.2) is 36.4 Å². The molecule has 10 nitrogen and oxygen atoms in total. The average Bonchev–Trinajstić information content (AvgIpc) is 2.78. The summed E-state index contributed by atoms with van der Waals surface area (Å²) in [6.07, 6.45) is -5.72. The Morgan fingerprint density at radius 2 is 1.73 bits per heavy atom. The Hall–Kier alpha value is -2.89. The van der Waals surface area contributed by atoms with Crippen LogP contribution in [0.4, 0.5) is 0 Å². The molecule has 2 aromatic rings. The molecule has 10 heteroatoms. The zero-order valence-electron chi connectivity index (χ0n) is 17.6. The van der Waals surface area contributed by atoms with Crippen LogP contribution in [0.3, 0.4) is 0 Å². The third-order valence-corrected chi connectivity index (χ3v) is 5.89. The number of fused-ring (bicyclic) bond motifs is 1. The molecule has 2 heterocycles. The first kappa shape index (κ1) is 23.3. The lowest BCUT2D eigenvalue weighted by atomic mass is 9.94. The molecule has 0 unspecified atom stereocenters. The molecular formula is C23H26O10. The van der Waals surface area contributed by atoms with E-state index in [0.29, 0.717) is 30.6 Å².